The molecule has 1 aromatic heterocycles. The Bertz CT molecular complexity index is 333. The first-order valence-corrected chi connectivity index (χ1v) is 6.20. The van der Waals surface area contributed by atoms with Crippen LogP contribution in [-0.2, 0) is 0 Å². The van der Waals surface area contributed by atoms with Crippen LogP contribution in [0.3, 0.4) is 0 Å². The van der Waals surface area contributed by atoms with E-state index in [9.17, 15) is 4.79 Å². The van der Waals surface area contributed by atoms with E-state index >= 15 is 0 Å². The third-order valence-corrected chi connectivity index (χ3v) is 2.73. The Balaban J connectivity index is 2.30. The highest BCUT2D eigenvalue weighted by atomic mass is 16.1. The van der Waals surface area contributed by atoms with Crippen molar-refractivity contribution in [2.45, 2.75) is 52.4 Å². The molecule has 0 aromatic carbocycles. The smallest absolute Gasteiger partial charge is 0.162 e. The third-order valence-electron chi connectivity index (χ3n) is 2.73. The van der Waals surface area contributed by atoms with E-state index in [4.69, 9.17) is 0 Å². The second-order valence-electron chi connectivity index (χ2n) is 4.27. The van der Waals surface area contributed by atoms with Crippen LogP contribution < -0.4 is 0 Å². The van der Waals surface area contributed by atoms with Gasteiger partial charge >= 0.3 is 0 Å². The summed E-state index contributed by atoms with van der Waals surface area (Å²) in [6.07, 6.45) is 8.34. The van der Waals surface area contributed by atoms with Gasteiger partial charge in [-0.1, -0.05) is 32.6 Å². The average Bonchev–Trinajstić information content (AvgIpc) is 2.28. The fourth-order valence-electron chi connectivity index (χ4n) is 1.75. The van der Waals surface area contributed by atoms with Gasteiger partial charge in [-0.25, -0.2) is 0 Å². The van der Waals surface area contributed by atoms with Gasteiger partial charge < -0.3 is 0 Å². The Morgan fingerprint density at radius 2 is 2.00 bits per heavy atom. The molecule has 88 valence electrons. The van der Waals surface area contributed by atoms with Crippen molar-refractivity contribution in [1.82, 2.24) is 4.98 Å². The van der Waals surface area contributed by atoms with E-state index in [2.05, 4.69) is 11.9 Å². The molecule has 0 aliphatic heterocycles. The van der Waals surface area contributed by atoms with Gasteiger partial charge in [-0.3, -0.25) is 9.78 Å². The SMILES string of the molecule is CCCCCCCC(=O)c1ccnc(C)c1. The van der Waals surface area contributed by atoms with Crippen LogP contribution >= 0.6 is 0 Å². The molecule has 1 aromatic rings. The summed E-state index contributed by atoms with van der Waals surface area (Å²) in [7, 11) is 0. The van der Waals surface area contributed by atoms with Crippen molar-refractivity contribution in [3.8, 4) is 0 Å². The van der Waals surface area contributed by atoms with Gasteiger partial charge in [0.05, 0.1) is 0 Å². The first-order chi connectivity index (χ1) is 7.74. The number of Topliss-reactive ketones (excluding diaryl/α,β-unsaturated/α-hetero) is 1. The second-order valence-corrected chi connectivity index (χ2v) is 4.27. The standard InChI is InChI=1S/C14H21NO/c1-3-4-5-6-7-8-14(16)13-9-10-15-12(2)11-13/h9-11H,3-8H2,1-2H3. The highest BCUT2D eigenvalue weighted by Gasteiger charge is 2.05. The summed E-state index contributed by atoms with van der Waals surface area (Å²) in [6, 6.07) is 3.68. The molecule has 2 nitrogen and oxygen atoms in total. The van der Waals surface area contributed by atoms with Gasteiger partial charge in [-0.2, -0.15) is 0 Å². The molecule has 0 aliphatic rings. The quantitative estimate of drug-likeness (QED) is 0.513. The number of carbonyl (C=O) groups is 1. The normalized spacial score (nSPS) is 10.4. The van der Waals surface area contributed by atoms with Crippen LogP contribution in [-0.4, -0.2) is 10.8 Å². The monoisotopic (exact) mass is 219 g/mol. The minimum absolute atomic E-state index is 0.252. The predicted molar refractivity (Wildman–Crippen MR) is 66.7 cm³/mol. The number of hydrogen-bond acceptors (Lipinski definition) is 2. The molecule has 1 rings (SSSR count). The number of ketones is 1. The van der Waals surface area contributed by atoms with E-state index in [0.717, 1.165) is 17.7 Å². The zero-order valence-corrected chi connectivity index (χ0v) is 10.3. The van der Waals surface area contributed by atoms with E-state index in [1.807, 2.05) is 13.0 Å². The first-order valence-electron chi connectivity index (χ1n) is 6.20. The van der Waals surface area contributed by atoms with E-state index in [1.165, 1.54) is 25.7 Å². The molecule has 0 saturated carbocycles. The van der Waals surface area contributed by atoms with Crippen LogP contribution in [0.2, 0.25) is 0 Å². The molecular formula is C14H21NO. The van der Waals surface area contributed by atoms with E-state index < -0.39 is 0 Å². The molecule has 0 amide bonds. The lowest BCUT2D eigenvalue weighted by Gasteiger charge is -2.02. The van der Waals surface area contributed by atoms with Crippen LogP contribution in [0, 0.1) is 6.92 Å². The predicted octanol–water partition coefficient (Wildman–Crippen LogP) is 3.93. The lowest BCUT2D eigenvalue weighted by Crippen LogP contribution is -1.99. The van der Waals surface area contributed by atoms with Gasteiger partial charge in [-0.05, 0) is 25.5 Å². The molecule has 0 N–H and O–H groups in total. The van der Waals surface area contributed by atoms with Crippen molar-refractivity contribution in [2.75, 3.05) is 0 Å². The zero-order chi connectivity index (χ0) is 11.8. The van der Waals surface area contributed by atoms with Crippen LogP contribution in [0.15, 0.2) is 18.3 Å². The van der Waals surface area contributed by atoms with E-state index in [-0.39, 0.29) is 5.78 Å². The van der Waals surface area contributed by atoms with Crippen LogP contribution in [0.25, 0.3) is 0 Å². The van der Waals surface area contributed by atoms with Crippen LogP contribution in [0.1, 0.15) is 61.5 Å². The summed E-state index contributed by atoms with van der Waals surface area (Å²) >= 11 is 0. The zero-order valence-electron chi connectivity index (χ0n) is 10.3. The van der Waals surface area contributed by atoms with E-state index in [1.54, 1.807) is 12.3 Å². The fourth-order valence-corrected chi connectivity index (χ4v) is 1.75. The summed E-state index contributed by atoms with van der Waals surface area (Å²) in [5.41, 5.74) is 1.72. The van der Waals surface area contributed by atoms with Gasteiger partial charge in [0.15, 0.2) is 5.78 Å². The molecule has 0 atom stereocenters. The number of aryl methyl sites for hydroxylation is 1. The minimum Gasteiger partial charge on any atom is -0.294 e. The average molecular weight is 219 g/mol. The van der Waals surface area contributed by atoms with Gasteiger partial charge in [0.25, 0.3) is 0 Å². The van der Waals surface area contributed by atoms with Gasteiger partial charge in [0, 0.05) is 23.9 Å². The number of aromatic nitrogens is 1. The molecular weight excluding hydrogens is 198 g/mol. The van der Waals surface area contributed by atoms with Crippen molar-refractivity contribution in [1.29, 1.82) is 0 Å². The van der Waals surface area contributed by atoms with Crippen molar-refractivity contribution >= 4 is 5.78 Å². The number of nitrogens with zero attached hydrogens (tertiary/aromatic N) is 1. The molecule has 2 heteroatoms. The molecule has 0 bridgehead atoms. The summed E-state index contributed by atoms with van der Waals surface area (Å²) in [6.45, 7) is 4.11. The van der Waals surface area contributed by atoms with Crippen LogP contribution in [0.5, 0.6) is 0 Å². The maximum Gasteiger partial charge on any atom is 0.162 e. The minimum atomic E-state index is 0.252. The summed E-state index contributed by atoms with van der Waals surface area (Å²) in [5, 5.41) is 0. The van der Waals surface area contributed by atoms with E-state index in [0.29, 0.717) is 6.42 Å². The molecule has 0 spiro atoms. The van der Waals surface area contributed by atoms with Crippen molar-refractivity contribution < 1.29 is 4.79 Å². The number of carbonyl (C=O) groups excluding carboxylic acids is 1. The largest absolute Gasteiger partial charge is 0.294 e. The molecule has 0 fully saturated rings. The Hall–Kier alpha value is -1.18. The molecule has 0 radical (unpaired) electrons. The lowest BCUT2D eigenvalue weighted by atomic mass is 10.0. The van der Waals surface area contributed by atoms with Gasteiger partial charge in [0.2, 0.25) is 0 Å². The highest BCUT2D eigenvalue weighted by Crippen LogP contribution is 2.10. The molecule has 0 unspecified atom stereocenters. The van der Waals surface area contributed by atoms with Crippen molar-refractivity contribution in [2.24, 2.45) is 0 Å². The Labute approximate surface area is 98.1 Å². The number of rotatable bonds is 7. The van der Waals surface area contributed by atoms with Crippen molar-refractivity contribution in [3.63, 3.8) is 0 Å². The number of pyridine rings is 1. The molecule has 1 heterocycles. The Kier molecular flexibility index (Phi) is 5.76. The second kappa shape index (κ2) is 7.15. The molecule has 16 heavy (non-hydrogen) atoms. The maximum atomic E-state index is 11.8. The fraction of sp³-hybridized carbons (Fsp3) is 0.571. The number of hydrogen-bond donors (Lipinski definition) is 0. The lowest BCUT2D eigenvalue weighted by molar-refractivity contribution is 0.0979. The van der Waals surface area contributed by atoms with Crippen molar-refractivity contribution in [3.05, 3.63) is 29.6 Å². The summed E-state index contributed by atoms with van der Waals surface area (Å²) in [4.78, 5) is 15.9. The Morgan fingerprint density at radius 1 is 1.25 bits per heavy atom. The highest BCUT2D eigenvalue weighted by molar-refractivity contribution is 5.95. The summed E-state index contributed by atoms with van der Waals surface area (Å²) < 4.78 is 0. The Morgan fingerprint density at radius 3 is 2.69 bits per heavy atom. The molecule has 0 aliphatic carbocycles. The molecule has 0 saturated heterocycles. The number of unbranched alkanes of at least 4 members (excludes halogenated alkanes) is 4. The first kappa shape index (κ1) is 12.9. The third kappa shape index (κ3) is 4.56. The topological polar surface area (TPSA) is 30.0 Å². The maximum absolute atomic E-state index is 11.8. The van der Waals surface area contributed by atoms with Gasteiger partial charge in [0.1, 0.15) is 0 Å². The van der Waals surface area contributed by atoms with Crippen LogP contribution in [0.4, 0.5) is 0 Å². The summed E-state index contributed by atoms with van der Waals surface area (Å²) in [5.74, 6) is 0.252. The van der Waals surface area contributed by atoms with Gasteiger partial charge in [-0.15, -0.1) is 0 Å².